The molecular weight excluding hydrogens is 245 g/mol. The van der Waals surface area contributed by atoms with Crippen LogP contribution >= 0.6 is 23.2 Å². The Morgan fingerprint density at radius 1 is 1.06 bits per heavy atom. The van der Waals surface area contributed by atoms with Crippen LogP contribution in [0.3, 0.4) is 0 Å². The average Bonchev–Trinajstić information content (AvgIpc) is 2.29. The van der Waals surface area contributed by atoms with Gasteiger partial charge in [-0.1, -0.05) is 35.3 Å². The second-order valence-corrected chi connectivity index (χ2v) is 4.08. The maximum absolute atomic E-state index is 9.24. The summed E-state index contributed by atoms with van der Waals surface area (Å²) in [4.78, 5) is 4.21. The predicted molar refractivity (Wildman–Crippen MR) is 65.6 cm³/mol. The zero-order valence-corrected chi connectivity index (χ0v) is 9.83. The van der Waals surface area contributed by atoms with Gasteiger partial charge < -0.3 is 5.11 Å². The number of rotatable bonds is 2. The van der Waals surface area contributed by atoms with Crippen molar-refractivity contribution in [1.29, 1.82) is 0 Å². The van der Waals surface area contributed by atoms with Crippen molar-refractivity contribution in [3.05, 3.63) is 52.1 Å². The quantitative estimate of drug-likeness (QED) is 0.888. The molecule has 2 rings (SSSR count). The molecule has 0 aliphatic carbocycles. The van der Waals surface area contributed by atoms with Gasteiger partial charge in [-0.05, 0) is 18.2 Å². The second-order valence-electron chi connectivity index (χ2n) is 3.27. The molecule has 0 radical (unpaired) electrons. The van der Waals surface area contributed by atoms with Crippen LogP contribution in [0, 0.1) is 0 Å². The van der Waals surface area contributed by atoms with Crippen molar-refractivity contribution in [3.8, 4) is 11.3 Å². The van der Waals surface area contributed by atoms with Crippen LogP contribution in [-0.4, -0.2) is 10.1 Å². The molecule has 0 bridgehead atoms. The van der Waals surface area contributed by atoms with Crippen LogP contribution in [0.1, 0.15) is 5.56 Å². The summed E-state index contributed by atoms with van der Waals surface area (Å²) < 4.78 is 0. The van der Waals surface area contributed by atoms with Crippen molar-refractivity contribution in [2.75, 3.05) is 0 Å². The first-order chi connectivity index (χ1) is 7.74. The summed E-state index contributed by atoms with van der Waals surface area (Å²) in [7, 11) is 0. The summed E-state index contributed by atoms with van der Waals surface area (Å²) in [5.74, 6) is 0. The first-order valence-corrected chi connectivity index (χ1v) is 5.48. The number of pyridine rings is 1. The third kappa shape index (κ3) is 2.05. The van der Waals surface area contributed by atoms with Gasteiger partial charge in [-0.25, -0.2) is 0 Å². The van der Waals surface area contributed by atoms with Crippen LogP contribution in [-0.2, 0) is 6.61 Å². The van der Waals surface area contributed by atoms with E-state index in [1.165, 1.54) is 0 Å². The molecule has 0 saturated heterocycles. The van der Waals surface area contributed by atoms with E-state index in [-0.39, 0.29) is 6.61 Å². The minimum absolute atomic E-state index is 0.0925. The number of aromatic nitrogens is 1. The molecular formula is C12H9Cl2NO. The third-order valence-electron chi connectivity index (χ3n) is 2.26. The van der Waals surface area contributed by atoms with Crippen LogP contribution in [0.5, 0.6) is 0 Å². The van der Waals surface area contributed by atoms with E-state index in [9.17, 15) is 5.11 Å². The van der Waals surface area contributed by atoms with Crippen molar-refractivity contribution in [3.63, 3.8) is 0 Å². The number of halogens is 2. The average molecular weight is 254 g/mol. The lowest BCUT2D eigenvalue weighted by Gasteiger charge is -2.09. The van der Waals surface area contributed by atoms with Gasteiger partial charge in [0.05, 0.1) is 22.3 Å². The van der Waals surface area contributed by atoms with Gasteiger partial charge in [-0.2, -0.15) is 0 Å². The Hall–Kier alpha value is -1.09. The van der Waals surface area contributed by atoms with Crippen molar-refractivity contribution in [2.45, 2.75) is 6.61 Å². The Morgan fingerprint density at radius 2 is 1.75 bits per heavy atom. The fourth-order valence-electron chi connectivity index (χ4n) is 1.52. The number of hydrogen-bond donors (Lipinski definition) is 1. The number of nitrogens with zero attached hydrogens (tertiary/aromatic N) is 1. The minimum atomic E-state index is -0.0925. The molecule has 1 N–H and O–H groups in total. The van der Waals surface area contributed by atoms with Crippen LogP contribution in [0.4, 0.5) is 0 Å². The molecule has 82 valence electrons. The van der Waals surface area contributed by atoms with E-state index in [4.69, 9.17) is 23.2 Å². The molecule has 0 unspecified atom stereocenters. The van der Waals surface area contributed by atoms with Gasteiger partial charge in [0.15, 0.2) is 0 Å². The van der Waals surface area contributed by atoms with Gasteiger partial charge in [0.2, 0.25) is 0 Å². The van der Waals surface area contributed by atoms with E-state index in [1.54, 1.807) is 36.5 Å². The van der Waals surface area contributed by atoms with E-state index in [1.807, 2.05) is 0 Å². The van der Waals surface area contributed by atoms with Gasteiger partial charge >= 0.3 is 0 Å². The zero-order valence-electron chi connectivity index (χ0n) is 8.32. The molecule has 2 aromatic rings. The van der Waals surface area contributed by atoms with Crippen molar-refractivity contribution in [1.82, 2.24) is 4.98 Å². The highest BCUT2D eigenvalue weighted by Crippen LogP contribution is 2.34. The first kappa shape index (κ1) is 11.4. The molecule has 1 heterocycles. The molecule has 0 fully saturated rings. The van der Waals surface area contributed by atoms with Gasteiger partial charge in [0, 0.05) is 17.3 Å². The Labute approximate surface area is 103 Å². The summed E-state index contributed by atoms with van der Waals surface area (Å²) in [5, 5.41) is 10.3. The maximum Gasteiger partial charge on any atom is 0.0787 e. The lowest BCUT2D eigenvalue weighted by molar-refractivity contribution is 0.282. The number of aliphatic hydroxyl groups is 1. The largest absolute Gasteiger partial charge is 0.392 e. The summed E-state index contributed by atoms with van der Waals surface area (Å²) in [6.45, 7) is -0.0925. The molecule has 4 heteroatoms. The van der Waals surface area contributed by atoms with Crippen molar-refractivity contribution >= 4 is 23.2 Å². The normalized spacial score (nSPS) is 10.4. The fourth-order valence-corrected chi connectivity index (χ4v) is 2.09. The fraction of sp³-hybridized carbons (Fsp3) is 0.0833. The van der Waals surface area contributed by atoms with Gasteiger partial charge in [-0.15, -0.1) is 0 Å². The van der Waals surface area contributed by atoms with E-state index in [2.05, 4.69) is 4.98 Å². The molecule has 0 spiro atoms. The predicted octanol–water partition coefficient (Wildman–Crippen LogP) is 3.55. The zero-order chi connectivity index (χ0) is 11.5. The minimum Gasteiger partial charge on any atom is -0.392 e. The number of hydrogen-bond acceptors (Lipinski definition) is 2. The molecule has 16 heavy (non-hydrogen) atoms. The summed E-state index contributed by atoms with van der Waals surface area (Å²) in [6.07, 6.45) is 1.65. The Morgan fingerprint density at radius 3 is 2.38 bits per heavy atom. The molecule has 1 aromatic carbocycles. The molecule has 2 nitrogen and oxygen atoms in total. The molecule has 0 amide bonds. The Balaban J connectivity index is 2.67. The SMILES string of the molecule is OCc1cccnc1-c1c(Cl)cccc1Cl. The van der Waals surface area contributed by atoms with Gasteiger partial charge in [0.1, 0.15) is 0 Å². The number of aliphatic hydroxyl groups excluding tert-OH is 1. The first-order valence-electron chi connectivity index (χ1n) is 4.73. The summed E-state index contributed by atoms with van der Waals surface area (Å²) >= 11 is 12.2. The van der Waals surface area contributed by atoms with E-state index in [0.717, 1.165) is 0 Å². The van der Waals surface area contributed by atoms with Crippen molar-refractivity contribution < 1.29 is 5.11 Å². The Kier molecular flexibility index (Phi) is 3.44. The monoisotopic (exact) mass is 253 g/mol. The lowest BCUT2D eigenvalue weighted by Crippen LogP contribution is -1.93. The second kappa shape index (κ2) is 4.83. The number of benzene rings is 1. The maximum atomic E-state index is 9.24. The third-order valence-corrected chi connectivity index (χ3v) is 2.89. The van der Waals surface area contributed by atoms with Crippen LogP contribution in [0.2, 0.25) is 10.0 Å². The highest BCUT2D eigenvalue weighted by atomic mass is 35.5. The van der Waals surface area contributed by atoms with Crippen LogP contribution in [0.25, 0.3) is 11.3 Å². The molecule has 0 saturated carbocycles. The summed E-state index contributed by atoms with van der Waals surface area (Å²) in [6, 6.07) is 8.83. The summed E-state index contributed by atoms with van der Waals surface area (Å²) in [5.41, 5.74) is 1.99. The molecule has 0 atom stereocenters. The van der Waals surface area contributed by atoms with Crippen molar-refractivity contribution in [2.24, 2.45) is 0 Å². The highest BCUT2D eigenvalue weighted by molar-refractivity contribution is 6.39. The van der Waals surface area contributed by atoms with Gasteiger partial charge in [0.25, 0.3) is 0 Å². The molecule has 0 aliphatic heterocycles. The van der Waals surface area contributed by atoms with Crippen LogP contribution in [0.15, 0.2) is 36.5 Å². The lowest BCUT2D eigenvalue weighted by atomic mass is 10.1. The highest BCUT2D eigenvalue weighted by Gasteiger charge is 2.12. The topological polar surface area (TPSA) is 33.1 Å². The smallest absolute Gasteiger partial charge is 0.0787 e. The van der Waals surface area contributed by atoms with E-state index in [0.29, 0.717) is 26.9 Å². The Bertz CT molecular complexity index is 494. The van der Waals surface area contributed by atoms with Gasteiger partial charge in [-0.3, -0.25) is 4.98 Å². The van der Waals surface area contributed by atoms with E-state index < -0.39 is 0 Å². The van der Waals surface area contributed by atoms with Crippen LogP contribution < -0.4 is 0 Å². The van der Waals surface area contributed by atoms with E-state index >= 15 is 0 Å². The molecule has 0 aliphatic rings. The molecule has 1 aromatic heterocycles. The standard InChI is InChI=1S/C12H9Cl2NO/c13-9-4-1-5-10(14)11(9)12-8(7-16)3-2-6-15-12/h1-6,16H,7H2.